The number of carbonyl (C=O) groups is 1. The van der Waals surface area contributed by atoms with Crippen molar-refractivity contribution in [2.45, 2.75) is 26.8 Å². The van der Waals surface area contributed by atoms with E-state index in [1.165, 1.54) is 0 Å². The Balaban J connectivity index is 2.65. The number of nitrogens with one attached hydrogen (secondary N) is 1. The molecule has 1 unspecified atom stereocenters. The van der Waals surface area contributed by atoms with Crippen molar-refractivity contribution in [3.05, 3.63) is 35.4 Å². The normalized spacial score (nSPS) is 13.4. The number of carbonyl (C=O) groups excluding carboxylic acids is 1. The zero-order chi connectivity index (χ0) is 13.6. The van der Waals surface area contributed by atoms with Crippen LogP contribution in [0.3, 0.4) is 0 Å². The first kappa shape index (κ1) is 14.2. The molecule has 1 aromatic carbocycles. The number of nitrogens with zero attached hydrogens (tertiary/aromatic N) is 1. The molecule has 0 aromatic heterocycles. The molecule has 0 saturated carbocycles. The van der Waals surface area contributed by atoms with Gasteiger partial charge in [-0.05, 0) is 31.0 Å². The van der Waals surface area contributed by atoms with E-state index in [1.807, 2.05) is 26.0 Å². The summed E-state index contributed by atoms with van der Waals surface area (Å²) in [7, 11) is 0. The van der Waals surface area contributed by atoms with Gasteiger partial charge in [-0.3, -0.25) is 4.79 Å². The zero-order valence-corrected chi connectivity index (χ0v) is 10.9. The van der Waals surface area contributed by atoms with Gasteiger partial charge < -0.3 is 11.1 Å². The van der Waals surface area contributed by atoms with E-state index < -0.39 is 5.41 Å². The summed E-state index contributed by atoms with van der Waals surface area (Å²) in [5, 5.41) is 11.7. The van der Waals surface area contributed by atoms with Gasteiger partial charge in [0.15, 0.2) is 0 Å². The molecule has 1 rings (SSSR count). The number of hydrogen-bond acceptors (Lipinski definition) is 3. The molecular formula is C14H19N3O. The van der Waals surface area contributed by atoms with Crippen molar-refractivity contribution in [2.75, 3.05) is 6.54 Å². The minimum absolute atomic E-state index is 0.0464. The van der Waals surface area contributed by atoms with Crippen LogP contribution in [-0.4, -0.2) is 12.5 Å². The van der Waals surface area contributed by atoms with Gasteiger partial charge in [0, 0.05) is 13.1 Å². The second-order valence-corrected chi connectivity index (χ2v) is 4.61. The van der Waals surface area contributed by atoms with Gasteiger partial charge >= 0.3 is 0 Å². The minimum atomic E-state index is -0.521. The molecule has 96 valence electrons. The van der Waals surface area contributed by atoms with E-state index in [9.17, 15) is 4.79 Å². The third-order valence-corrected chi connectivity index (χ3v) is 3.29. The van der Waals surface area contributed by atoms with Crippen LogP contribution in [0.15, 0.2) is 24.3 Å². The van der Waals surface area contributed by atoms with Crippen molar-refractivity contribution in [3.63, 3.8) is 0 Å². The first-order valence-electron chi connectivity index (χ1n) is 6.03. The summed E-state index contributed by atoms with van der Waals surface area (Å²) < 4.78 is 0. The van der Waals surface area contributed by atoms with Crippen LogP contribution in [-0.2, 0) is 11.3 Å². The van der Waals surface area contributed by atoms with Crippen molar-refractivity contribution in [3.8, 4) is 6.07 Å². The molecule has 0 aliphatic heterocycles. The number of benzene rings is 1. The molecule has 0 spiro atoms. The molecule has 3 N–H and O–H groups in total. The van der Waals surface area contributed by atoms with Crippen molar-refractivity contribution < 1.29 is 4.79 Å². The summed E-state index contributed by atoms with van der Waals surface area (Å²) >= 11 is 0. The highest BCUT2D eigenvalue weighted by Crippen LogP contribution is 2.19. The molecule has 1 aromatic rings. The number of amides is 1. The maximum atomic E-state index is 12.0. The van der Waals surface area contributed by atoms with Gasteiger partial charge in [0.2, 0.25) is 5.91 Å². The van der Waals surface area contributed by atoms with Crippen LogP contribution in [0.5, 0.6) is 0 Å². The molecule has 0 aliphatic carbocycles. The molecule has 0 fully saturated rings. The van der Waals surface area contributed by atoms with Crippen molar-refractivity contribution in [2.24, 2.45) is 11.1 Å². The Morgan fingerprint density at radius 1 is 1.56 bits per heavy atom. The Labute approximate surface area is 108 Å². The number of nitrogens with two attached hydrogens (primary N) is 1. The summed E-state index contributed by atoms with van der Waals surface area (Å²) in [6, 6.07) is 9.27. The second kappa shape index (κ2) is 6.18. The minimum Gasteiger partial charge on any atom is -0.352 e. The Bertz CT molecular complexity index is 458. The highest BCUT2D eigenvalue weighted by Gasteiger charge is 2.29. The standard InChI is InChI=1S/C14H19N3O/c1-3-14(2,10-16)13(18)17-9-12-6-4-5-11(7-12)8-15/h4-7H,3,9-10,16H2,1-2H3,(H,17,18). The maximum Gasteiger partial charge on any atom is 0.227 e. The second-order valence-electron chi connectivity index (χ2n) is 4.61. The van der Waals surface area contributed by atoms with Crippen molar-refractivity contribution >= 4 is 5.91 Å². The lowest BCUT2D eigenvalue weighted by molar-refractivity contribution is -0.130. The third-order valence-electron chi connectivity index (χ3n) is 3.29. The Kier molecular flexibility index (Phi) is 4.87. The lowest BCUT2D eigenvalue weighted by Gasteiger charge is -2.24. The molecular weight excluding hydrogens is 226 g/mol. The van der Waals surface area contributed by atoms with Gasteiger partial charge in [-0.2, -0.15) is 5.26 Å². The van der Waals surface area contributed by atoms with Gasteiger partial charge in [-0.15, -0.1) is 0 Å². The average Bonchev–Trinajstić information content (AvgIpc) is 2.43. The summed E-state index contributed by atoms with van der Waals surface area (Å²) in [5.74, 6) is -0.0464. The number of nitriles is 1. The first-order valence-corrected chi connectivity index (χ1v) is 6.03. The SMILES string of the molecule is CCC(C)(CN)C(=O)NCc1cccc(C#N)c1. The number of hydrogen-bond donors (Lipinski definition) is 2. The summed E-state index contributed by atoms with van der Waals surface area (Å²) in [4.78, 5) is 12.0. The van der Waals surface area contributed by atoms with Gasteiger partial charge in [0.25, 0.3) is 0 Å². The van der Waals surface area contributed by atoms with Crippen LogP contribution in [0.2, 0.25) is 0 Å². The van der Waals surface area contributed by atoms with Crippen molar-refractivity contribution in [1.29, 1.82) is 5.26 Å². The Morgan fingerprint density at radius 2 is 2.28 bits per heavy atom. The molecule has 4 nitrogen and oxygen atoms in total. The summed E-state index contributed by atoms with van der Waals surface area (Å²) in [6.07, 6.45) is 0.702. The summed E-state index contributed by atoms with van der Waals surface area (Å²) in [5.41, 5.74) is 6.62. The monoisotopic (exact) mass is 245 g/mol. The highest BCUT2D eigenvalue weighted by atomic mass is 16.2. The van der Waals surface area contributed by atoms with Crippen LogP contribution in [0, 0.1) is 16.7 Å². The lowest BCUT2D eigenvalue weighted by Crippen LogP contribution is -2.43. The quantitative estimate of drug-likeness (QED) is 0.826. The molecule has 1 amide bonds. The van der Waals surface area contributed by atoms with Gasteiger partial charge in [-0.1, -0.05) is 19.1 Å². The van der Waals surface area contributed by atoms with Crippen LogP contribution < -0.4 is 11.1 Å². The van der Waals surface area contributed by atoms with Crippen LogP contribution in [0.4, 0.5) is 0 Å². The Hall–Kier alpha value is -1.86. The third kappa shape index (κ3) is 3.31. The van der Waals surface area contributed by atoms with Crippen LogP contribution >= 0.6 is 0 Å². The topological polar surface area (TPSA) is 78.9 Å². The smallest absolute Gasteiger partial charge is 0.227 e. The molecule has 1 atom stereocenters. The zero-order valence-electron chi connectivity index (χ0n) is 10.9. The fraction of sp³-hybridized carbons (Fsp3) is 0.429. The highest BCUT2D eigenvalue weighted by molar-refractivity contribution is 5.82. The molecule has 0 aliphatic rings. The van der Waals surface area contributed by atoms with Gasteiger partial charge in [-0.25, -0.2) is 0 Å². The van der Waals surface area contributed by atoms with E-state index in [2.05, 4.69) is 11.4 Å². The predicted octanol–water partition coefficient (Wildman–Crippen LogP) is 1.55. The van der Waals surface area contributed by atoms with E-state index in [4.69, 9.17) is 11.0 Å². The van der Waals surface area contributed by atoms with E-state index in [-0.39, 0.29) is 5.91 Å². The Morgan fingerprint density at radius 3 is 2.83 bits per heavy atom. The fourth-order valence-electron chi connectivity index (χ4n) is 1.54. The molecule has 4 heteroatoms. The van der Waals surface area contributed by atoms with Crippen LogP contribution in [0.1, 0.15) is 31.4 Å². The molecule has 0 bridgehead atoms. The van der Waals surface area contributed by atoms with E-state index in [0.717, 1.165) is 5.56 Å². The number of rotatable bonds is 5. The average molecular weight is 245 g/mol. The summed E-state index contributed by atoms with van der Waals surface area (Å²) in [6.45, 7) is 4.55. The van der Waals surface area contributed by atoms with Crippen molar-refractivity contribution in [1.82, 2.24) is 5.32 Å². The van der Waals surface area contributed by atoms with Gasteiger partial charge in [0.1, 0.15) is 0 Å². The molecule has 0 heterocycles. The molecule has 18 heavy (non-hydrogen) atoms. The van der Waals surface area contributed by atoms with E-state index in [0.29, 0.717) is 25.1 Å². The molecule has 0 radical (unpaired) electrons. The first-order chi connectivity index (χ1) is 8.55. The van der Waals surface area contributed by atoms with E-state index >= 15 is 0 Å². The fourth-order valence-corrected chi connectivity index (χ4v) is 1.54. The lowest BCUT2D eigenvalue weighted by atomic mass is 9.86. The molecule has 0 saturated heterocycles. The van der Waals surface area contributed by atoms with Gasteiger partial charge in [0.05, 0.1) is 17.0 Å². The van der Waals surface area contributed by atoms with E-state index in [1.54, 1.807) is 12.1 Å². The van der Waals surface area contributed by atoms with Crippen LogP contribution in [0.25, 0.3) is 0 Å². The largest absolute Gasteiger partial charge is 0.352 e. The maximum absolute atomic E-state index is 12.0. The predicted molar refractivity (Wildman–Crippen MR) is 70.5 cm³/mol.